The molecule has 1 atom stereocenters. The minimum Gasteiger partial charge on any atom is -0.399 e. The molecule has 0 bridgehead atoms. The molecule has 0 radical (unpaired) electrons. The lowest BCUT2D eigenvalue weighted by atomic mass is 9.86. The molecule has 4 nitrogen and oxygen atoms in total. The molecule has 5 rings (SSSR count). The van der Waals surface area contributed by atoms with Gasteiger partial charge in [0.15, 0.2) is 5.78 Å². The van der Waals surface area contributed by atoms with Crippen molar-refractivity contribution in [3.05, 3.63) is 131 Å². The van der Waals surface area contributed by atoms with Gasteiger partial charge in [0.05, 0.1) is 12.2 Å². The Morgan fingerprint density at radius 2 is 1.61 bits per heavy atom. The molecule has 5 aromatic rings. The van der Waals surface area contributed by atoms with Crippen LogP contribution in [0.2, 0.25) is 0 Å². The number of hydrogen-bond donors (Lipinski definition) is 1. The first-order valence-electron chi connectivity index (χ1n) is 13.3. The smallest absolute Gasteiger partial charge is 0.153 e. The molecule has 0 unspecified atom stereocenters. The van der Waals surface area contributed by atoms with Gasteiger partial charge < -0.3 is 10.3 Å². The monoisotopic (exact) mass is 553 g/mol. The van der Waals surface area contributed by atoms with Crippen LogP contribution in [0.15, 0.2) is 85.8 Å². The van der Waals surface area contributed by atoms with Gasteiger partial charge >= 0.3 is 0 Å². The summed E-state index contributed by atoms with van der Waals surface area (Å²) in [5.41, 5.74) is 10.7. The van der Waals surface area contributed by atoms with Crippen molar-refractivity contribution in [3.8, 4) is 11.1 Å². The zero-order valence-corrected chi connectivity index (χ0v) is 22.9. The number of aryl methyl sites for hydroxylation is 2. The van der Waals surface area contributed by atoms with Crippen LogP contribution in [0, 0.1) is 31.3 Å². The quantitative estimate of drug-likeness (QED) is 0.204. The summed E-state index contributed by atoms with van der Waals surface area (Å²) in [5, 5.41) is 2.10. The van der Waals surface area contributed by atoms with E-state index >= 15 is 0 Å². The number of pyridine rings is 1. The summed E-state index contributed by atoms with van der Waals surface area (Å²) in [6, 6.07) is 15.6. The average Bonchev–Trinajstić information content (AvgIpc) is 3.28. The summed E-state index contributed by atoms with van der Waals surface area (Å²) in [5.74, 6) is -2.46. The summed E-state index contributed by atoms with van der Waals surface area (Å²) in [7, 11) is 0. The number of carbonyl (C=O) groups is 1. The standard InChI is InChI=1S/C34H30F3N3O/c1-20-9-26-17-40(18-27(26)10-21(20)2)19-30(41)14-25(11-23-12-28(35)16-29(36)13-23)34-31(5-4-8-39-34)24-6-7-33(37)32(15-24)22(3)38/h4-10,12-13,15-18,25H,3,11,14,19,38H2,1-2H3/t25-/m1/s1. The van der Waals surface area contributed by atoms with Crippen LogP contribution in [-0.4, -0.2) is 15.3 Å². The SMILES string of the molecule is C=C(N)c1cc(-c2cccnc2[C@@H](CC(=O)Cn2cc3cc(C)c(C)cc3c2)Cc2cc(F)cc(F)c2)ccc1F. The minimum atomic E-state index is -0.694. The second kappa shape index (κ2) is 11.5. The topological polar surface area (TPSA) is 60.9 Å². The number of hydrogen-bond acceptors (Lipinski definition) is 3. The molecule has 0 aliphatic heterocycles. The number of Topliss-reactive ketones (excluding diaryl/α,β-unsaturated/α-hetero) is 1. The molecule has 7 heteroatoms. The number of fused-ring (bicyclic) bond motifs is 1. The molecular formula is C34H30F3N3O. The number of nitrogens with two attached hydrogens (primary N) is 1. The molecule has 208 valence electrons. The predicted octanol–water partition coefficient (Wildman–Crippen LogP) is 7.65. The molecule has 0 amide bonds. The molecule has 0 spiro atoms. The van der Waals surface area contributed by atoms with Gasteiger partial charge in [-0.2, -0.15) is 0 Å². The van der Waals surface area contributed by atoms with Crippen LogP contribution >= 0.6 is 0 Å². The van der Waals surface area contributed by atoms with Crippen LogP contribution in [0.4, 0.5) is 13.2 Å². The van der Waals surface area contributed by atoms with Crippen molar-refractivity contribution in [3.63, 3.8) is 0 Å². The van der Waals surface area contributed by atoms with Crippen LogP contribution in [0.3, 0.4) is 0 Å². The summed E-state index contributed by atoms with van der Waals surface area (Å²) < 4.78 is 44.5. The van der Waals surface area contributed by atoms with Crippen molar-refractivity contribution >= 4 is 22.3 Å². The van der Waals surface area contributed by atoms with Gasteiger partial charge in [-0.15, -0.1) is 0 Å². The highest BCUT2D eigenvalue weighted by Gasteiger charge is 2.23. The van der Waals surface area contributed by atoms with Crippen LogP contribution in [0.25, 0.3) is 27.6 Å². The van der Waals surface area contributed by atoms with E-state index in [0.717, 1.165) is 16.8 Å². The maximum absolute atomic E-state index is 14.4. The Kier molecular flexibility index (Phi) is 7.79. The van der Waals surface area contributed by atoms with Crippen molar-refractivity contribution in [2.45, 2.75) is 39.2 Å². The normalized spacial score (nSPS) is 12.0. The molecule has 0 aliphatic carbocycles. The highest BCUT2D eigenvalue weighted by Crippen LogP contribution is 2.34. The first-order chi connectivity index (χ1) is 19.6. The van der Waals surface area contributed by atoms with E-state index in [1.54, 1.807) is 24.4 Å². The molecule has 2 N–H and O–H groups in total. The summed E-state index contributed by atoms with van der Waals surface area (Å²) in [6.45, 7) is 7.90. The Morgan fingerprint density at radius 1 is 0.951 bits per heavy atom. The first-order valence-corrected chi connectivity index (χ1v) is 13.3. The van der Waals surface area contributed by atoms with Crippen molar-refractivity contribution < 1.29 is 18.0 Å². The first kappa shape index (κ1) is 27.9. The Morgan fingerprint density at radius 3 is 2.24 bits per heavy atom. The lowest BCUT2D eigenvalue weighted by molar-refractivity contribution is -0.120. The molecule has 3 aromatic carbocycles. The molecule has 0 saturated carbocycles. The maximum atomic E-state index is 14.4. The summed E-state index contributed by atoms with van der Waals surface area (Å²) >= 11 is 0. The van der Waals surface area contributed by atoms with Crippen LogP contribution in [-0.2, 0) is 17.8 Å². The Hall–Kier alpha value is -4.65. The lowest BCUT2D eigenvalue weighted by Crippen LogP contribution is -2.16. The number of carbonyl (C=O) groups excluding carboxylic acids is 1. The highest BCUT2D eigenvalue weighted by atomic mass is 19.1. The third-order valence-electron chi connectivity index (χ3n) is 7.40. The van der Waals surface area contributed by atoms with Gasteiger partial charge in [0.2, 0.25) is 0 Å². The van der Waals surface area contributed by atoms with E-state index in [1.165, 1.54) is 29.3 Å². The fourth-order valence-electron chi connectivity index (χ4n) is 5.32. The predicted molar refractivity (Wildman–Crippen MR) is 157 cm³/mol. The lowest BCUT2D eigenvalue weighted by Gasteiger charge is -2.20. The van der Waals surface area contributed by atoms with Crippen molar-refractivity contribution in [2.24, 2.45) is 5.73 Å². The molecule has 0 fully saturated rings. The number of nitrogens with zero attached hydrogens (tertiary/aromatic N) is 2. The molecule has 0 aliphatic rings. The number of ketones is 1. The molecule has 2 heterocycles. The maximum Gasteiger partial charge on any atom is 0.153 e. The van der Waals surface area contributed by atoms with E-state index in [-0.39, 0.29) is 36.4 Å². The molecule has 41 heavy (non-hydrogen) atoms. The zero-order chi connectivity index (χ0) is 29.3. The van der Waals surface area contributed by atoms with Gasteiger partial charge in [-0.05, 0) is 95.8 Å². The van der Waals surface area contributed by atoms with Gasteiger partial charge in [0.1, 0.15) is 17.5 Å². The van der Waals surface area contributed by atoms with Crippen LogP contribution in [0.5, 0.6) is 0 Å². The summed E-state index contributed by atoms with van der Waals surface area (Å²) in [4.78, 5) is 18.1. The average molecular weight is 554 g/mol. The van der Waals surface area contributed by atoms with E-state index in [0.29, 0.717) is 22.4 Å². The van der Waals surface area contributed by atoms with Gasteiger partial charge in [-0.1, -0.05) is 18.7 Å². The summed E-state index contributed by atoms with van der Waals surface area (Å²) in [6.07, 6.45) is 5.75. The number of aromatic nitrogens is 2. The van der Waals surface area contributed by atoms with E-state index in [9.17, 15) is 18.0 Å². The largest absolute Gasteiger partial charge is 0.399 e. The van der Waals surface area contributed by atoms with E-state index < -0.39 is 23.4 Å². The van der Waals surface area contributed by atoms with Crippen LogP contribution < -0.4 is 5.73 Å². The van der Waals surface area contributed by atoms with Gasteiger partial charge in [-0.3, -0.25) is 9.78 Å². The van der Waals surface area contributed by atoms with Crippen molar-refractivity contribution in [1.29, 1.82) is 0 Å². The molecule has 0 saturated heterocycles. The van der Waals surface area contributed by atoms with Crippen LogP contribution in [0.1, 0.15) is 40.3 Å². The van der Waals surface area contributed by atoms with E-state index in [1.807, 2.05) is 23.0 Å². The van der Waals surface area contributed by atoms with Crippen molar-refractivity contribution in [2.75, 3.05) is 0 Å². The van der Waals surface area contributed by atoms with Gasteiger partial charge in [-0.25, -0.2) is 13.2 Å². The van der Waals surface area contributed by atoms with Gasteiger partial charge in [0, 0.05) is 53.8 Å². The number of rotatable bonds is 9. The molecular weight excluding hydrogens is 523 g/mol. The van der Waals surface area contributed by atoms with E-state index in [2.05, 4.69) is 37.5 Å². The second-order valence-electron chi connectivity index (χ2n) is 10.6. The molecule has 2 aromatic heterocycles. The van der Waals surface area contributed by atoms with Gasteiger partial charge in [0.25, 0.3) is 0 Å². The Bertz CT molecular complexity index is 1730. The second-order valence-corrected chi connectivity index (χ2v) is 10.6. The van der Waals surface area contributed by atoms with E-state index in [4.69, 9.17) is 5.73 Å². The third-order valence-corrected chi connectivity index (χ3v) is 7.40. The fourth-order valence-corrected chi connectivity index (χ4v) is 5.32. The third kappa shape index (κ3) is 6.24. The highest BCUT2D eigenvalue weighted by molar-refractivity contribution is 5.85. The fraction of sp³-hybridized carbons (Fsp3) is 0.176. The Labute approximate surface area is 237 Å². The Balaban J connectivity index is 1.51. The minimum absolute atomic E-state index is 0.0626. The zero-order valence-electron chi connectivity index (χ0n) is 22.9. The van der Waals surface area contributed by atoms with Crippen molar-refractivity contribution in [1.82, 2.24) is 9.55 Å². The number of benzene rings is 3. The number of halogens is 3.